The van der Waals surface area contributed by atoms with E-state index in [1.165, 1.54) is 25.7 Å². The van der Waals surface area contributed by atoms with Crippen molar-refractivity contribution in [1.82, 2.24) is 15.0 Å². The van der Waals surface area contributed by atoms with Crippen molar-refractivity contribution in [3.63, 3.8) is 0 Å². The molecule has 0 saturated carbocycles. The number of carboxylic acids is 1. The van der Waals surface area contributed by atoms with Crippen molar-refractivity contribution < 1.29 is 15.0 Å². The molecule has 33 heavy (non-hydrogen) atoms. The molecular weight excluding hydrogens is 414 g/mol. The monoisotopic (exact) mass is 451 g/mol. The van der Waals surface area contributed by atoms with Crippen LogP contribution in [0, 0.1) is 0 Å². The zero-order valence-corrected chi connectivity index (χ0v) is 20.4. The number of fused-ring (bicyclic) bond motifs is 1. The Morgan fingerprint density at radius 1 is 0.970 bits per heavy atom. The first-order valence-corrected chi connectivity index (χ1v) is 12.1. The molecule has 6 nitrogen and oxygen atoms in total. The van der Waals surface area contributed by atoms with Gasteiger partial charge in [0, 0.05) is 12.0 Å². The average Bonchev–Trinajstić information content (AvgIpc) is 3.18. The van der Waals surface area contributed by atoms with Gasteiger partial charge in [-0.05, 0) is 47.9 Å². The number of phenols is 1. The Hall–Kier alpha value is -2.89. The molecule has 0 aliphatic carbocycles. The number of benzene rings is 2. The van der Waals surface area contributed by atoms with Gasteiger partial charge in [0.25, 0.3) is 0 Å². The van der Waals surface area contributed by atoms with Gasteiger partial charge in [-0.1, -0.05) is 78.0 Å². The highest BCUT2D eigenvalue weighted by atomic mass is 16.4. The predicted molar refractivity (Wildman–Crippen MR) is 132 cm³/mol. The molecule has 6 heteroatoms. The smallest absolute Gasteiger partial charge is 0.303 e. The van der Waals surface area contributed by atoms with Gasteiger partial charge in [-0.15, -0.1) is 15.0 Å². The van der Waals surface area contributed by atoms with Gasteiger partial charge < -0.3 is 10.2 Å². The Balaban J connectivity index is 2.10. The standard InChI is InChI=1S/C27H37N3O3/c1-5-6-7-8-9-10-13-20-19(16-17-24(31)32)18-21(27(2,3)4)26(33)25(20)30-28-22-14-11-12-15-23(22)29-30/h11-12,14-15,18,33H,5-10,13,16-17H2,1-4H3,(H,31,32). The Labute approximate surface area is 196 Å². The number of nitrogens with zero attached hydrogens (tertiary/aromatic N) is 3. The van der Waals surface area contributed by atoms with Crippen LogP contribution in [0.4, 0.5) is 0 Å². The number of aromatic hydroxyl groups is 1. The van der Waals surface area contributed by atoms with Crippen molar-refractivity contribution in [2.45, 2.75) is 90.9 Å². The molecule has 0 aliphatic heterocycles. The number of phenolic OH excluding ortho intramolecular Hbond substituents is 1. The quantitative estimate of drug-likeness (QED) is 0.332. The second-order valence-corrected chi connectivity index (χ2v) is 9.90. The molecule has 3 rings (SSSR count). The second-order valence-electron chi connectivity index (χ2n) is 9.90. The maximum atomic E-state index is 11.4. The molecule has 0 bridgehead atoms. The lowest BCUT2D eigenvalue weighted by Gasteiger charge is -2.25. The number of hydrogen-bond donors (Lipinski definition) is 2. The second kappa shape index (κ2) is 10.8. The van der Waals surface area contributed by atoms with Gasteiger partial charge in [-0.25, -0.2) is 0 Å². The Kier molecular flexibility index (Phi) is 8.11. The molecule has 0 spiro atoms. The fourth-order valence-corrected chi connectivity index (χ4v) is 4.32. The van der Waals surface area contributed by atoms with E-state index in [-0.39, 0.29) is 17.6 Å². The summed E-state index contributed by atoms with van der Waals surface area (Å²) in [7, 11) is 0. The van der Waals surface area contributed by atoms with E-state index < -0.39 is 5.97 Å². The van der Waals surface area contributed by atoms with Crippen LogP contribution < -0.4 is 0 Å². The van der Waals surface area contributed by atoms with E-state index in [9.17, 15) is 15.0 Å². The van der Waals surface area contributed by atoms with Crippen LogP contribution >= 0.6 is 0 Å². The van der Waals surface area contributed by atoms with Crippen LogP contribution in [0.1, 0.15) is 89.3 Å². The highest BCUT2D eigenvalue weighted by Crippen LogP contribution is 2.40. The summed E-state index contributed by atoms with van der Waals surface area (Å²) in [5, 5.41) is 30.1. The van der Waals surface area contributed by atoms with E-state index in [0.29, 0.717) is 12.1 Å². The van der Waals surface area contributed by atoms with Crippen molar-refractivity contribution in [3.05, 3.63) is 47.0 Å². The molecular formula is C27H37N3O3. The van der Waals surface area contributed by atoms with Crippen LogP contribution in [0.5, 0.6) is 5.75 Å². The third-order valence-electron chi connectivity index (χ3n) is 6.15. The highest BCUT2D eigenvalue weighted by molar-refractivity contribution is 5.74. The van der Waals surface area contributed by atoms with Crippen LogP contribution in [0.2, 0.25) is 0 Å². The molecule has 0 amide bonds. The predicted octanol–water partition coefficient (Wildman–Crippen LogP) is 6.34. The van der Waals surface area contributed by atoms with Gasteiger partial charge in [0.15, 0.2) is 0 Å². The maximum absolute atomic E-state index is 11.4. The molecule has 178 valence electrons. The van der Waals surface area contributed by atoms with E-state index >= 15 is 0 Å². The number of hydrogen-bond acceptors (Lipinski definition) is 4. The van der Waals surface area contributed by atoms with Gasteiger partial charge in [-0.3, -0.25) is 4.79 Å². The molecule has 2 aromatic carbocycles. The number of aliphatic carboxylic acids is 1. The van der Waals surface area contributed by atoms with E-state index in [1.807, 2.05) is 51.1 Å². The minimum atomic E-state index is -0.824. The molecule has 2 N–H and O–H groups in total. The molecule has 3 aromatic rings. The van der Waals surface area contributed by atoms with Gasteiger partial charge in [0.1, 0.15) is 22.5 Å². The fourth-order valence-electron chi connectivity index (χ4n) is 4.32. The molecule has 0 radical (unpaired) electrons. The summed E-state index contributed by atoms with van der Waals surface area (Å²) in [6.45, 7) is 8.36. The van der Waals surface area contributed by atoms with Crippen molar-refractivity contribution >= 4 is 17.0 Å². The third kappa shape index (κ3) is 6.12. The van der Waals surface area contributed by atoms with Crippen molar-refractivity contribution in [1.29, 1.82) is 0 Å². The number of rotatable bonds is 11. The molecule has 1 heterocycles. The van der Waals surface area contributed by atoms with Crippen molar-refractivity contribution in [2.24, 2.45) is 0 Å². The van der Waals surface area contributed by atoms with Crippen LogP contribution in [-0.2, 0) is 23.1 Å². The van der Waals surface area contributed by atoms with E-state index in [4.69, 9.17) is 0 Å². The van der Waals surface area contributed by atoms with E-state index in [1.54, 1.807) is 4.80 Å². The van der Waals surface area contributed by atoms with Gasteiger partial charge in [0.05, 0.1) is 0 Å². The summed E-state index contributed by atoms with van der Waals surface area (Å²) < 4.78 is 0. The van der Waals surface area contributed by atoms with Crippen molar-refractivity contribution in [3.8, 4) is 11.4 Å². The van der Waals surface area contributed by atoms with E-state index in [0.717, 1.165) is 47.0 Å². The summed E-state index contributed by atoms with van der Waals surface area (Å²) in [6, 6.07) is 9.65. The third-order valence-corrected chi connectivity index (χ3v) is 6.15. The van der Waals surface area contributed by atoms with Gasteiger partial charge in [0.2, 0.25) is 0 Å². The lowest BCUT2D eigenvalue weighted by Crippen LogP contribution is -2.17. The normalized spacial score (nSPS) is 11.9. The lowest BCUT2D eigenvalue weighted by molar-refractivity contribution is -0.136. The van der Waals surface area contributed by atoms with Crippen molar-refractivity contribution in [2.75, 3.05) is 0 Å². The molecule has 0 fully saturated rings. The summed E-state index contributed by atoms with van der Waals surface area (Å²) in [6.07, 6.45) is 8.18. The van der Waals surface area contributed by atoms with Crippen LogP contribution in [-0.4, -0.2) is 31.2 Å². The van der Waals surface area contributed by atoms with Crippen LogP contribution in [0.3, 0.4) is 0 Å². The molecule has 0 saturated heterocycles. The zero-order valence-electron chi connectivity index (χ0n) is 20.4. The SMILES string of the molecule is CCCCCCCCc1c(CCC(=O)O)cc(C(C)(C)C)c(O)c1-n1nc2ccccc2n1. The molecule has 0 unspecified atom stereocenters. The number of carboxylic acid groups (broad SMARTS) is 1. The van der Waals surface area contributed by atoms with Gasteiger partial charge >= 0.3 is 5.97 Å². The summed E-state index contributed by atoms with van der Waals surface area (Å²) in [5.74, 6) is -0.640. The lowest BCUT2D eigenvalue weighted by atomic mass is 9.82. The number of aryl methyl sites for hydroxylation is 1. The Morgan fingerprint density at radius 3 is 2.15 bits per heavy atom. The van der Waals surface area contributed by atoms with Crippen LogP contribution in [0.15, 0.2) is 30.3 Å². The summed E-state index contributed by atoms with van der Waals surface area (Å²) in [4.78, 5) is 12.9. The topological polar surface area (TPSA) is 88.2 Å². The Bertz CT molecular complexity index is 1060. The number of carbonyl (C=O) groups is 1. The average molecular weight is 452 g/mol. The fraction of sp³-hybridized carbons (Fsp3) is 0.519. The zero-order chi connectivity index (χ0) is 24.0. The molecule has 0 aliphatic rings. The first-order valence-electron chi connectivity index (χ1n) is 12.1. The van der Waals surface area contributed by atoms with E-state index in [2.05, 4.69) is 17.1 Å². The first kappa shape index (κ1) is 24.7. The largest absolute Gasteiger partial charge is 0.505 e. The highest BCUT2D eigenvalue weighted by Gasteiger charge is 2.27. The van der Waals surface area contributed by atoms with Crippen LogP contribution in [0.25, 0.3) is 16.7 Å². The molecule has 0 atom stereocenters. The number of unbranched alkanes of at least 4 members (excludes halogenated alkanes) is 5. The maximum Gasteiger partial charge on any atom is 0.303 e. The minimum absolute atomic E-state index is 0.0474. The molecule has 1 aromatic heterocycles. The number of aromatic nitrogens is 3. The minimum Gasteiger partial charge on any atom is -0.505 e. The summed E-state index contributed by atoms with van der Waals surface area (Å²) >= 11 is 0. The Morgan fingerprint density at radius 2 is 1.58 bits per heavy atom. The summed E-state index contributed by atoms with van der Waals surface area (Å²) in [5.41, 5.74) is 4.50. The van der Waals surface area contributed by atoms with Gasteiger partial charge in [-0.2, -0.15) is 0 Å². The first-order chi connectivity index (χ1) is 15.7.